The first-order valence-corrected chi connectivity index (χ1v) is 11.2. The van der Waals surface area contributed by atoms with Crippen LogP contribution in [0.4, 0.5) is 11.6 Å². The Morgan fingerprint density at radius 3 is 1.68 bits per heavy atom. The second-order valence-corrected chi connectivity index (χ2v) is 9.65. The molecule has 0 N–H and O–H groups in total. The van der Waals surface area contributed by atoms with E-state index in [1.165, 1.54) is 5.56 Å². The predicted molar refractivity (Wildman–Crippen MR) is 125 cm³/mol. The van der Waals surface area contributed by atoms with Gasteiger partial charge in [-0.2, -0.15) is 0 Å². The summed E-state index contributed by atoms with van der Waals surface area (Å²) in [6.45, 7) is 13.6. The van der Waals surface area contributed by atoms with Crippen molar-refractivity contribution >= 4 is 17.5 Å². The van der Waals surface area contributed by atoms with Gasteiger partial charge >= 0.3 is 0 Å². The van der Waals surface area contributed by atoms with Crippen molar-refractivity contribution in [1.29, 1.82) is 0 Å². The van der Waals surface area contributed by atoms with E-state index in [9.17, 15) is 4.79 Å². The molecule has 1 aromatic carbocycles. The molecular weight excluding hydrogens is 388 g/mol. The van der Waals surface area contributed by atoms with Crippen LogP contribution in [0.3, 0.4) is 0 Å². The van der Waals surface area contributed by atoms with Crippen LogP contribution in [0.2, 0.25) is 0 Å². The smallest absolute Gasteiger partial charge is 0.253 e. The van der Waals surface area contributed by atoms with E-state index in [0.29, 0.717) is 13.1 Å². The Morgan fingerprint density at radius 2 is 1.23 bits per heavy atom. The van der Waals surface area contributed by atoms with Crippen molar-refractivity contribution in [2.24, 2.45) is 0 Å². The van der Waals surface area contributed by atoms with Gasteiger partial charge in [0.1, 0.15) is 0 Å². The van der Waals surface area contributed by atoms with E-state index in [2.05, 4.69) is 77.0 Å². The number of anilines is 2. The van der Waals surface area contributed by atoms with E-state index in [1.54, 1.807) is 0 Å². The molecule has 2 aromatic rings. The molecule has 2 aliphatic rings. The highest BCUT2D eigenvalue weighted by atomic mass is 16.2. The van der Waals surface area contributed by atoms with Crippen LogP contribution >= 0.6 is 0 Å². The highest BCUT2D eigenvalue weighted by Crippen LogP contribution is 2.23. The normalized spacial score (nSPS) is 18.4. The maximum atomic E-state index is 12.9. The summed E-state index contributed by atoms with van der Waals surface area (Å²) < 4.78 is 0. The maximum Gasteiger partial charge on any atom is 0.253 e. The average Bonchev–Trinajstić information content (AvgIpc) is 2.79. The van der Waals surface area contributed by atoms with Gasteiger partial charge in [0.25, 0.3) is 5.91 Å². The largest absolute Gasteiger partial charge is 0.353 e. The zero-order valence-electron chi connectivity index (χ0n) is 19.2. The van der Waals surface area contributed by atoms with E-state index in [-0.39, 0.29) is 11.3 Å². The fourth-order valence-electron chi connectivity index (χ4n) is 4.13. The summed E-state index contributed by atoms with van der Waals surface area (Å²) in [5, 5.41) is 8.94. The number of rotatable bonds is 3. The molecule has 7 nitrogen and oxygen atoms in total. The number of carbonyl (C=O) groups excluding carboxylic acids is 1. The Labute approximate surface area is 185 Å². The second-order valence-electron chi connectivity index (χ2n) is 9.65. The molecule has 2 saturated heterocycles. The average molecular weight is 423 g/mol. The van der Waals surface area contributed by atoms with Gasteiger partial charge in [0, 0.05) is 57.9 Å². The second kappa shape index (κ2) is 8.83. The van der Waals surface area contributed by atoms with Gasteiger partial charge in [0.2, 0.25) is 0 Å². The number of hydrogen-bond acceptors (Lipinski definition) is 6. The molecule has 2 fully saturated rings. The minimum absolute atomic E-state index is 0.0914. The number of carbonyl (C=O) groups is 1. The Balaban J connectivity index is 1.32. The molecule has 0 bridgehead atoms. The Kier molecular flexibility index (Phi) is 6.14. The first-order valence-electron chi connectivity index (χ1n) is 11.2. The van der Waals surface area contributed by atoms with Crippen molar-refractivity contribution < 1.29 is 4.79 Å². The van der Waals surface area contributed by atoms with Gasteiger partial charge in [0.15, 0.2) is 11.6 Å². The van der Waals surface area contributed by atoms with Crippen molar-refractivity contribution in [3.8, 4) is 0 Å². The van der Waals surface area contributed by atoms with Crippen molar-refractivity contribution in [2.75, 3.05) is 69.2 Å². The fourth-order valence-corrected chi connectivity index (χ4v) is 4.13. The third-order valence-electron chi connectivity index (χ3n) is 6.35. The van der Waals surface area contributed by atoms with Crippen LogP contribution in [0.25, 0.3) is 0 Å². The molecule has 2 aliphatic heterocycles. The molecule has 4 rings (SSSR count). The minimum atomic E-state index is 0.0914. The Hall–Kier alpha value is -2.67. The number of piperazine rings is 2. The van der Waals surface area contributed by atoms with E-state index in [1.807, 2.05) is 17.0 Å². The number of aromatic nitrogens is 2. The Bertz CT molecular complexity index is 874. The molecule has 0 aliphatic carbocycles. The van der Waals surface area contributed by atoms with Crippen molar-refractivity contribution in [1.82, 2.24) is 20.0 Å². The van der Waals surface area contributed by atoms with Gasteiger partial charge in [-0.15, -0.1) is 10.2 Å². The van der Waals surface area contributed by atoms with Crippen LogP contribution in [0, 0.1) is 0 Å². The van der Waals surface area contributed by atoms with Crippen LogP contribution < -0.4 is 9.80 Å². The number of hydrogen-bond donors (Lipinski definition) is 0. The molecule has 0 spiro atoms. The lowest BCUT2D eigenvalue weighted by Crippen LogP contribution is -2.49. The molecule has 0 unspecified atom stereocenters. The summed E-state index contributed by atoms with van der Waals surface area (Å²) in [6.07, 6.45) is 0. The summed E-state index contributed by atoms with van der Waals surface area (Å²) in [6, 6.07) is 12.2. The molecule has 1 aromatic heterocycles. The van der Waals surface area contributed by atoms with Crippen molar-refractivity contribution in [2.45, 2.75) is 26.2 Å². The number of amides is 1. The highest BCUT2D eigenvalue weighted by molar-refractivity contribution is 5.94. The lowest BCUT2D eigenvalue weighted by Gasteiger charge is -2.36. The predicted octanol–water partition coefficient (Wildman–Crippen LogP) is 2.49. The molecule has 0 atom stereocenters. The zero-order valence-corrected chi connectivity index (χ0v) is 19.2. The topological polar surface area (TPSA) is 55.8 Å². The number of nitrogens with zero attached hydrogens (tertiary/aromatic N) is 6. The van der Waals surface area contributed by atoms with Crippen LogP contribution in [0.1, 0.15) is 36.7 Å². The van der Waals surface area contributed by atoms with E-state index >= 15 is 0 Å². The fraction of sp³-hybridized carbons (Fsp3) is 0.542. The summed E-state index contributed by atoms with van der Waals surface area (Å²) in [5.41, 5.74) is 2.10. The van der Waals surface area contributed by atoms with Crippen LogP contribution in [-0.2, 0) is 5.41 Å². The SMILES string of the molecule is CN1CCN(c2ccc(N3CCN(C(=O)c4ccc(C(C)(C)C)cc4)CC3)nn2)CC1. The molecule has 166 valence electrons. The van der Waals surface area contributed by atoms with Gasteiger partial charge < -0.3 is 19.6 Å². The molecule has 7 heteroatoms. The number of likely N-dealkylation sites (N-methyl/N-ethyl adjacent to an activating group) is 1. The Morgan fingerprint density at radius 1 is 0.742 bits per heavy atom. The molecule has 31 heavy (non-hydrogen) atoms. The van der Waals surface area contributed by atoms with E-state index in [0.717, 1.165) is 56.5 Å². The first kappa shape index (κ1) is 21.6. The van der Waals surface area contributed by atoms with Crippen molar-refractivity contribution in [3.63, 3.8) is 0 Å². The zero-order chi connectivity index (χ0) is 22.0. The van der Waals surface area contributed by atoms with Crippen molar-refractivity contribution in [3.05, 3.63) is 47.5 Å². The summed E-state index contributed by atoms with van der Waals surface area (Å²) in [7, 11) is 2.15. The van der Waals surface area contributed by atoms with Gasteiger partial charge in [0.05, 0.1) is 0 Å². The highest BCUT2D eigenvalue weighted by Gasteiger charge is 2.24. The quantitative estimate of drug-likeness (QED) is 0.758. The third-order valence-corrected chi connectivity index (χ3v) is 6.35. The standard InChI is InChI=1S/C24H34N6O/c1-24(2,3)20-7-5-19(6-8-20)23(31)30-17-15-29(16-18-30)22-10-9-21(25-26-22)28-13-11-27(4)12-14-28/h5-10H,11-18H2,1-4H3. The lowest BCUT2D eigenvalue weighted by molar-refractivity contribution is 0.0746. The van der Waals surface area contributed by atoms with E-state index < -0.39 is 0 Å². The molecule has 3 heterocycles. The monoisotopic (exact) mass is 422 g/mol. The maximum absolute atomic E-state index is 12.9. The van der Waals surface area contributed by atoms with Crippen LogP contribution in [0.5, 0.6) is 0 Å². The van der Waals surface area contributed by atoms with Gasteiger partial charge in [-0.3, -0.25) is 4.79 Å². The summed E-state index contributed by atoms with van der Waals surface area (Å²) in [5.74, 6) is 1.94. The minimum Gasteiger partial charge on any atom is -0.353 e. The summed E-state index contributed by atoms with van der Waals surface area (Å²) >= 11 is 0. The lowest BCUT2D eigenvalue weighted by atomic mass is 9.86. The number of benzene rings is 1. The van der Waals surface area contributed by atoms with Gasteiger partial charge in [-0.1, -0.05) is 32.9 Å². The molecular formula is C24H34N6O. The first-order chi connectivity index (χ1) is 14.8. The van der Waals surface area contributed by atoms with Crippen LogP contribution in [-0.4, -0.2) is 85.3 Å². The van der Waals surface area contributed by atoms with Gasteiger partial charge in [-0.25, -0.2) is 0 Å². The van der Waals surface area contributed by atoms with Gasteiger partial charge in [-0.05, 0) is 42.3 Å². The van der Waals surface area contributed by atoms with E-state index in [4.69, 9.17) is 0 Å². The summed E-state index contributed by atoms with van der Waals surface area (Å²) in [4.78, 5) is 21.7. The third kappa shape index (κ3) is 4.98. The molecule has 1 amide bonds. The molecule has 0 radical (unpaired) electrons. The molecule has 0 saturated carbocycles. The van der Waals surface area contributed by atoms with Crippen LogP contribution in [0.15, 0.2) is 36.4 Å².